The Kier molecular flexibility index (Phi) is 4.38. The van der Waals surface area contributed by atoms with Crippen LogP contribution in [0.3, 0.4) is 0 Å². The van der Waals surface area contributed by atoms with Gasteiger partial charge in [0.1, 0.15) is 0 Å². The average molecular weight is 273 g/mol. The summed E-state index contributed by atoms with van der Waals surface area (Å²) in [5, 5.41) is 2.95. The fourth-order valence-corrected chi connectivity index (χ4v) is 3.01. The highest BCUT2D eigenvalue weighted by Gasteiger charge is 2.11. The van der Waals surface area contributed by atoms with Gasteiger partial charge in [0, 0.05) is 10.6 Å². The molecule has 1 aromatic heterocycles. The van der Waals surface area contributed by atoms with Crippen molar-refractivity contribution in [3.8, 4) is 0 Å². The lowest BCUT2D eigenvalue weighted by molar-refractivity contribution is 0.103. The number of carbonyl (C=O) groups is 1. The third-order valence-electron chi connectivity index (χ3n) is 3.19. The van der Waals surface area contributed by atoms with E-state index in [0.29, 0.717) is 0 Å². The van der Waals surface area contributed by atoms with E-state index in [9.17, 15) is 4.79 Å². The molecule has 0 radical (unpaired) electrons. The second kappa shape index (κ2) is 6.02. The molecule has 0 aliphatic carbocycles. The Morgan fingerprint density at radius 3 is 2.37 bits per heavy atom. The molecule has 0 aliphatic rings. The van der Waals surface area contributed by atoms with E-state index >= 15 is 0 Å². The predicted octanol–water partition coefficient (Wildman–Crippen LogP) is 4.43. The second-order valence-electron chi connectivity index (χ2n) is 4.57. The molecule has 19 heavy (non-hydrogen) atoms. The molecule has 0 aliphatic heterocycles. The fraction of sp³-hybridized carbons (Fsp3) is 0.312. The van der Waals surface area contributed by atoms with Gasteiger partial charge in [-0.3, -0.25) is 4.79 Å². The highest BCUT2D eigenvalue weighted by atomic mass is 32.1. The van der Waals surface area contributed by atoms with Crippen molar-refractivity contribution in [3.05, 3.63) is 51.2 Å². The van der Waals surface area contributed by atoms with Gasteiger partial charge >= 0.3 is 0 Å². The summed E-state index contributed by atoms with van der Waals surface area (Å²) in [4.78, 5) is 14.2. The molecule has 1 amide bonds. The number of rotatable bonds is 4. The van der Waals surface area contributed by atoms with E-state index in [1.54, 1.807) is 11.3 Å². The first-order valence-electron chi connectivity index (χ1n) is 6.63. The van der Waals surface area contributed by atoms with Crippen molar-refractivity contribution in [2.45, 2.75) is 33.6 Å². The van der Waals surface area contributed by atoms with Crippen molar-refractivity contribution in [1.82, 2.24) is 0 Å². The summed E-state index contributed by atoms with van der Waals surface area (Å²) in [7, 11) is 0. The number of thiophene rings is 1. The summed E-state index contributed by atoms with van der Waals surface area (Å²) in [6.07, 6.45) is 1.99. The minimum Gasteiger partial charge on any atom is -0.321 e. The van der Waals surface area contributed by atoms with Crippen LogP contribution in [0, 0.1) is 6.92 Å². The lowest BCUT2D eigenvalue weighted by Gasteiger charge is -2.04. The number of carbonyl (C=O) groups excluding carboxylic acids is 1. The third kappa shape index (κ3) is 3.24. The maximum absolute atomic E-state index is 12.1. The lowest BCUT2D eigenvalue weighted by Crippen LogP contribution is -2.09. The van der Waals surface area contributed by atoms with Crippen LogP contribution in [0.15, 0.2) is 30.3 Å². The van der Waals surface area contributed by atoms with Crippen LogP contribution in [0.25, 0.3) is 0 Å². The molecule has 1 heterocycles. The zero-order valence-electron chi connectivity index (χ0n) is 11.6. The molecular formula is C16H19NOS. The molecule has 0 fully saturated rings. The van der Waals surface area contributed by atoms with Gasteiger partial charge in [-0.25, -0.2) is 0 Å². The van der Waals surface area contributed by atoms with E-state index < -0.39 is 0 Å². The van der Waals surface area contributed by atoms with Crippen LogP contribution in [0.1, 0.15) is 39.5 Å². The maximum atomic E-state index is 12.1. The number of hydrogen-bond donors (Lipinski definition) is 1. The molecule has 1 aromatic carbocycles. The molecule has 100 valence electrons. The molecule has 2 nitrogen and oxygen atoms in total. The number of nitrogens with one attached hydrogen (secondary N) is 1. The summed E-state index contributed by atoms with van der Waals surface area (Å²) < 4.78 is 0. The van der Waals surface area contributed by atoms with Crippen molar-refractivity contribution < 1.29 is 4.79 Å². The molecule has 0 atom stereocenters. The first-order valence-corrected chi connectivity index (χ1v) is 7.45. The van der Waals surface area contributed by atoms with Crippen molar-refractivity contribution in [2.24, 2.45) is 0 Å². The summed E-state index contributed by atoms with van der Waals surface area (Å²) in [5.41, 5.74) is 3.34. The smallest absolute Gasteiger partial charge is 0.265 e. The predicted molar refractivity (Wildman–Crippen MR) is 82.2 cm³/mol. The van der Waals surface area contributed by atoms with Crippen LogP contribution >= 0.6 is 11.3 Å². The van der Waals surface area contributed by atoms with Crippen molar-refractivity contribution in [1.29, 1.82) is 0 Å². The highest BCUT2D eigenvalue weighted by Crippen LogP contribution is 2.23. The van der Waals surface area contributed by atoms with Crippen LogP contribution in [0.5, 0.6) is 0 Å². The molecule has 0 saturated carbocycles. The third-order valence-corrected chi connectivity index (χ3v) is 4.57. The quantitative estimate of drug-likeness (QED) is 0.877. The van der Waals surface area contributed by atoms with Crippen LogP contribution < -0.4 is 5.32 Å². The molecule has 2 aromatic rings. The molecule has 3 heteroatoms. The zero-order chi connectivity index (χ0) is 13.8. The van der Waals surface area contributed by atoms with Gasteiger partial charge in [-0.1, -0.05) is 26.0 Å². The summed E-state index contributed by atoms with van der Waals surface area (Å²) in [6, 6.07) is 9.98. The first-order chi connectivity index (χ1) is 9.13. The molecule has 0 bridgehead atoms. The Hall–Kier alpha value is -1.61. The van der Waals surface area contributed by atoms with Gasteiger partial charge < -0.3 is 5.32 Å². The molecule has 0 unspecified atom stereocenters. The molecule has 2 rings (SSSR count). The lowest BCUT2D eigenvalue weighted by atomic mass is 10.1. The van der Waals surface area contributed by atoms with Gasteiger partial charge in [0.05, 0.1) is 4.88 Å². The first kappa shape index (κ1) is 13.8. The Morgan fingerprint density at radius 2 is 1.84 bits per heavy atom. The Morgan fingerprint density at radius 1 is 1.16 bits per heavy atom. The standard InChI is InChI=1S/C16H19NOS/c1-4-12-6-8-13(9-7-12)17-16(18)15-10-11(3)14(5-2)19-15/h6-10H,4-5H2,1-3H3,(H,17,18). The highest BCUT2D eigenvalue weighted by molar-refractivity contribution is 7.14. The number of anilines is 1. The minimum atomic E-state index is -0.0166. The summed E-state index contributed by atoms with van der Waals surface area (Å²) in [5.74, 6) is -0.0166. The van der Waals surface area contributed by atoms with Gasteiger partial charge in [0.2, 0.25) is 0 Å². The van der Waals surface area contributed by atoms with E-state index in [1.165, 1.54) is 16.0 Å². The monoisotopic (exact) mass is 273 g/mol. The van der Waals surface area contributed by atoms with Crippen LogP contribution in [-0.4, -0.2) is 5.91 Å². The van der Waals surface area contributed by atoms with Gasteiger partial charge in [-0.2, -0.15) is 0 Å². The summed E-state index contributed by atoms with van der Waals surface area (Å²) >= 11 is 1.58. The van der Waals surface area contributed by atoms with E-state index in [-0.39, 0.29) is 5.91 Å². The summed E-state index contributed by atoms with van der Waals surface area (Å²) in [6.45, 7) is 6.29. The van der Waals surface area contributed by atoms with E-state index in [0.717, 1.165) is 23.4 Å². The van der Waals surface area contributed by atoms with Gasteiger partial charge in [0.25, 0.3) is 5.91 Å². The second-order valence-corrected chi connectivity index (χ2v) is 5.71. The van der Waals surface area contributed by atoms with Crippen LogP contribution in [0.2, 0.25) is 0 Å². The van der Waals surface area contributed by atoms with Gasteiger partial charge in [-0.15, -0.1) is 11.3 Å². The molecular weight excluding hydrogens is 254 g/mol. The SMILES string of the molecule is CCc1ccc(NC(=O)c2cc(C)c(CC)s2)cc1. The van der Waals surface area contributed by atoms with Crippen LogP contribution in [0.4, 0.5) is 5.69 Å². The normalized spacial score (nSPS) is 10.5. The fourth-order valence-electron chi connectivity index (χ4n) is 2.00. The number of benzene rings is 1. The molecule has 0 saturated heterocycles. The number of amides is 1. The van der Waals surface area contributed by atoms with Gasteiger partial charge in [-0.05, 0) is 49.1 Å². The Bertz CT molecular complexity index is 569. The van der Waals surface area contributed by atoms with Gasteiger partial charge in [0.15, 0.2) is 0 Å². The number of aryl methyl sites for hydroxylation is 3. The average Bonchev–Trinajstić information content (AvgIpc) is 2.81. The van der Waals surface area contributed by atoms with Crippen molar-refractivity contribution in [2.75, 3.05) is 5.32 Å². The van der Waals surface area contributed by atoms with Crippen molar-refractivity contribution in [3.63, 3.8) is 0 Å². The molecule has 0 spiro atoms. The molecule has 1 N–H and O–H groups in total. The maximum Gasteiger partial charge on any atom is 0.265 e. The zero-order valence-corrected chi connectivity index (χ0v) is 12.4. The Balaban J connectivity index is 2.11. The number of hydrogen-bond acceptors (Lipinski definition) is 2. The topological polar surface area (TPSA) is 29.1 Å². The van der Waals surface area contributed by atoms with E-state index in [1.807, 2.05) is 30.3 Å². The van der Waals surface area contributed by atoms with E-state index in [4.69, 9.17) is 0 Å². The van der Waals surface area contributed by atoms with Crippen molar-refractivity contribution >= 4 is 22.9 Å². The minimum absolute atomic E-state index is 0.0166. The van der Waals surface area contributed by atoms with E-state index in [2.05, 4.69) is 26.1 Å². The largest absolute Gasteiger partial charge is 0.321 e. The Labute approximate surface area is 118 Å². The van der Waals surface area contributed by atoms with Crippen LogP contribution in [-0.2, 0) is 12.8 Å².